The summed E-state index contributed by atoms with van der Waals surface area (Å²) in [5, 5.41) is 3.42. The Morgan fingerprint density at radius 3 is 2.82 bits per heavy atom. The Bertz CT molecular complexity index is 405. The molecule has 1 aliphatic heterocycles. The molecule has 0 amide bonds. The van der Waals surface area contributed by atoms with Crippen molar-refractivity contribution in [1.29, 1.82) is 0 Å². The number of rotatable bonds is 2. The maximum absolute atomic E-state index is 6.09. The number of benzene rings is 1. The van der Waals surface area contributed by atoms with Gasteiger partial charge in [0.15, 0.2) is 0 Å². The van der Waals surface area contributed by atoms with Crippen LogP contribution in [0.3, 0.4) is 0 Å². The second kappa shape index (κ2) is 4.67. The molecule has 0 bridgehead atoms. The zero-order valence-electron chi connectivity index (χ0n) is 11.0. The smallest absolute Gasteiger partial charge is 0.121 e. The predicted octanol–water partition coefficient (Wildman–Crippen LogP) is 2.23. The van der Waals surface area contributed by atoms with Crippen LogP contribution in [0.25, 0.3) is 0 Å². The first-order valence-corrected chi connectivity index (χ1v) is 6.09. The van der Waals surface area contributed by atoms with Gasteiger partial charge in [-0.25, -0.2) is 0 Å². The Morgan fingerprint density at radius 2 is 2.24 bits per heavy atom. The molecule has 2 atom stereocenters. The van der Waals surface area contributed by atoms with Gasteiger partial charge in [0.2, 0.25) is 0 Å². The van der Waals surface area contributed by atoms with Crippen LogP contribution in [0.2, 0.25) is 0 Å². The molecule has 1 heterocycles. The van der Waals surface area contributed by atoms with E-state index in [2.05, 4.69) is 38.2 Å². The van der Waals surface area contributed by atoms with Crippen LogP contribution in [0.5, 0.6) is 5.75 Å². The first-order chi connectivity index (χ1) is 8.05. The highest BCUT2D eigenvalue weighted by Gasteiger charge is 2.33. The van der Waals surface area contributed by atoms with E-state index in [4.69, 9.17) is 9.47 Å². The first-order valence-electron chi connectivity index (χ1n) is 6.09. The summed E-state index contributed by atoms with van der Waals surface area (Å²) < 4.78 is 11.4. The van der Waals surface area contributed by atoms with Crippen LogP contribution in [-0.2, 0) is 10.3 Å². The van der Waals surface area contributed by atoms with Gasteiger partial charge >= 0.3 is 0 Å². The monoisotopic (exact) mass is 235 g/mol. The van der Waals surface area contributed by atoms with Crippen LogP contribution >= 0.6 is 0 Å². The van der Waals surface area contributed by atoms with Crippen LogP contribution in [-0.4, -0.2) is 26.3 Å². The van der Waals surface area contributed by atoms with Crippen molar-refractivity contribution >= 4 is 0 Å². The third-order valence-corrected chi connectivity index (χ3v) is 3.36. The Morgan fingerprint density at radius 1 is 1.47 bits per heavy atom. The van der Waals surface area contributed by atoms with Crippen LogP contribution < -0.4 is 10.1 Å². The molecule has 1 N–H and O–H groups in total. The van der Waals surface area contributed by atoms with Crippen LogP contribution in [0.15, 0.2) is 18.2 Å². The Balaban J connectivity index is 2.29. The summed E-state index contributed by atoms with van der Waals surface area (Å²) >= 11 is 0. The lowest BCUT2D eigenvalue weighted by molar-refractivity contribution is -0.102. The summed E-state index contributed by atoms with van der Waals surface area (Å²) in [4.78, 5) is 0. The molecule has 94 valence electrons. The van der Waals surface area contributed by atoms with Crippen molar-refractivity contribution in [1.82, 2.24) is 5.32 Å². The predicted molar refractivity (Wildman–Crippen MR) is 68.5 cm³/mol. The van der Waals surface area contributed by atoms with E-state index in [0.717, 1.165) is 24.4 Å². The lowest BCUT2D eigenvalue weighted by Crippen LogP contribution is -2.49. The number of methoxy groups -OCH3 is 1. The molecular weight excluding hydrogens is 214 g/mol. The number of hydrogen-bond acceptors (Lipinski definition) is 3. The van der Waals surface area contributed by atoms with Crippen molar-refractivity contribution in [3.63, 3.8) is 0 Å². The van der Waals surface area contributed by atoms with E-state index in [9.17, 15) is 0 Å². The van der Waals surface area contributed by atoms with Gasteiger partial charge in [0.1, 0.15) is 11.4 Å². The van der Waals surface area contributed by atoms with Gasteiger partial charge in [-0.1, -0.05) is 6.07 Å². The highest BCUT2D eigenvalue weighted by molar-refractivity contribution is 5.38. The summed E-state index contributed by atoms with van der Waals surface area (Å²) in [5.74, 6) is 0.925. The van der Waals surface area contributed by atoms with E-state index in [1.54, 1.807) is 7.11 Å². The summed E-state index contributed by atoms with van der Waals surface area (Å²) in [7, 11) is 1.70. The third-order valence-electron chi connectivity index (χ3n) is 3.36. The third kappa shape index (κ3) is 2.45. The van der Waals surface area contributed by atoms with E-state index in [0.29, 0.717) is 0 Å². The molecule has 1 saturated heterocycles. The summed E-state index contributed by atoms with van der Waals surface area (Å²) in [6.07, 6.45) is 0.246. The second-order valence-electron chi connectivity index (χ2n) is 4.97. The van der Waals surface area contributed by atoms with Gasteiger partial charge in [-0.05, 0) is 44.0 Å². The highest BCUT2D eigenvalue weighted by atomic mass is 16.5. The molecule has 3 heteroatoms. The van der Waals surface area contributed by atoms with Gasteiger partial charge in [-0.2, -0.15) is 0 Å². The average Bonchev–Trinajstić information content (AvgIpc) is 2.28. The highest BCUT2D eigenvalue weighted by Crippen LogP contribution is 2.31. The van der Waals surface area contributed by atoms with Crippen LogP contribution in [0.4, 0.5) is 0 Å². The molecule has 0 saturated carbocycles. The fraction of sp³-hybridized carbons (Fsp3) is 0.571. The Kier molecular flexibility index (Phi) is 3.40. The summed E-state index contributed by atoms with van der Waals surface area (Å²) in [6, 6.07) is 6.25. The lowest BCUT2D eigenvalue weighted by atomic mass is 9.92. The molecule has 0 spiro atoms. The molecule has 2 unspecified atom stereocenters. The zero-order valence-corrected chi connectivity index (χ0v) is 11.0. The number of hydrogen-bond donors (Lipinski definition) is 1. The number of aryl methyl sites for hydroxylation is 1. The van der Waals surface area contributed by atoms with E-state index in [-0.39, 0.29) is 11.7 Å². The minimum Gasteiger partial charge on any atom is -0.496 e. The van der Waals surface area contributed by atoms with Crippen molar-refractivity contribution in [3.05, 3.63) is 29.3 Å². The normalized spacial score (nSPS) is 29.1. The number of morpholine rings is 1. The van der Waals surface area contributed by atoms with Crippen molar-refractivity contribution in [2.24, 2.45) is 0 Å². The lowest BCUT2D eigenvalue weighted by Gasteiger charge is -2.38. The van der Waals surface area contributed by atoms with Gasteiger partial charge in [0, 0.05) is 13.1 Å². The fourth-order valence-electron chi connectivity index (χ4n) is 2.42. The summed E-state index contributed by atoms with van der Waals surface area (Å²) in [5.41, 5.74) is 2.11. The van der Waals surface area contributed by atoms with Crippen LogP contribution in [0, 0.1) is 6.92 Å². The maximum Gasteiger partial charge on any atom is 0.121 e. The fourth-order valence-corrected chi connectivity index (χ4v) is 2.42. The van der Waals surface area contributed by atoms with Crippen molar-refractivity contribution < 1.29 is 9.47 Å². The Labute approximate surface area is 103 Å². The summed E-state index contributed by atoms with van der Waals surface area (Å²) in [6.45, 7) is 8.07. The molecule has 1 aromatic rings. The van der Waals surface area contributed by atoms with Gasteiger partial charge < -0.3 is 14.8 Å². The van der Waals surface area contributed by atoms with Crippen molar-refractivity contribution in [2.75, 3.05) is 20.2 Å². The molecule has 3 nitrogen and oxygen atoms in total. The molecule has 0 radical (unpaired) electrons. The molecule has 0 aliphatic carbocycles. The first kappa shape index (κ1) is 12.4. The Hall–Kier alpha value is -1.06. The molecule has 1 aromatic carbocycles. The van der Waals surface area contributed by atoms with Gasteiger partial charge in [0.05, 0.1) is 13.2 Å². The molecule has 0 aromatic heterocycles. The maximum atomic E-state index is 6.09. The number of nitrogens with one attached hydrogen (secondary N) is 1. The largest absolute Gasteiger partial charge is 0.496 e. The van der Waals surface area contributed by atoms with Gasteiger partial charge in [-0.15, -0.1) is 0 Å². The molecular formula is C14H21NO2. The van der Waals surface area contributed by atoms with E-state index >= 15 is 0 Å². The van der Waals surface area contributed by atoms with Crippen molar-refractivity contribution in [3.8, 4) is 5.75 Å². The average molecular weight is 235 g/mol. The topological polar surface area (TPSA) is 30.5 Å². The van der Waals surface area contributed by atoms with Gasteiger partial charge in [-0.3, -0.25) is 0 Å². The van der Waals surface area contributed by atoms with E-state index < -0.39 is 0 Å². The molecule has 1 fully saturated rings. The second-order valence-corrected chi connectivity index (χ2v) is 4.97. The minimum absolute atomic E-state index is 0.241. The van der Waals surface area contributed by atoms with Crippen LogP contribution in [0.1, 0.15) is 25.0 Å². The quantitative estimate of drug-likeness (QED) is 0.852. The standard InChI is InChI=1S/C14H21NO2/c1-10-7-12(5-6-13(10)16-4)14(3)9-15-8-11(2)17-14/h5-7,11,15H,8-9H2,1-4H3. The zero-order chi connectivity index (χ0) is 12.5. The van der Waals surface area contributed by atoms with E-state index in [1.807, 2.05) is 6.07 Å². The van der Waals surface area contributed by atoms with E-state index in [1.165, 1.54) is 5.56 Å². The molecule has 2 rings (SSSR count). The SMILES string of the molecule is COc1ccc(C2(C)CNCC(C)O2)cc1C. The minimum atomic E-state index is -0.241. The molecule has 1 aliphatic rings. The van der Waals surface area contributed by atoms with Gasteiger partial charge in [0.25, 0.3) is 0 Å². The number of ether oxygens (including phenoxy) is 2. The van der Waals surface area contributed by atoms with Crippen molar-refractivity contribution in [2.45, 2.75) is 32.5 Å². The molecule has 17 heavy (non-hydrogen) atoms.